The van der Waals surface area contributed by atoms with Crippen LogP contribution in [0.2, 0.25) is 0 Å². The largest absolute Gasteiger partial charge is 0.471 e. The van der Waals surface area contributed by atoms with Crippen LogP contribution < -0.4 is 4.90 Å². The number of anilines is 1. The minimum absolute atomic E-state index is 0.103. The van der Waals surface area contributed by atoms with Gasteiger partial charge in [0.25, 0.3) is 0 Å². The van der Waals surface area contributed by atoms with Crippen molar-refractivity contribution in [2.75, 3.05) is 4.90 Å². The van der Waals surface area contributed by atoms with E-state index in [1.54, 1.807) is 12.1 Å². The summed E-state index contributed by atoms with van der Waals surface area (Å²) in [6, 6.07) is 45.0. The molecule has 2 aromatic heterocycles. The molecule has 0 N–H and O–H groups in total. The number of hydrogen-bond donors (Lipinski definition) is 0. The van der Waals surface area contributed by atoms with Gasteiger partial charge in [0.15, 0.2) is 5.82 Å². The van der Waals surface area contributed by atoms with E-state index in [1.165, 1.54) is 0 Å². The third-order valence-electron chi connectivity index (χ3n) is 8.61. The summed E-state index contributed by atoms with van der Waals surface area (Å²) in [6.07, 6.45) is -4.58. The molecule has 7 aromatic rings. The number of rotatable bonds is 10. The summed E-state index contributed by atoms with van der Waals surface area (Å²) in [5.41, 5.74) is 4.73. The van der Waals surface area contributed by atoms with Gasteiger partial charge in [-0.05, 0) is 50.2 Å². The lowest BCUT2D eigenvalue weighted by Crippen LogP contribution is -2.40. The molecule has 0 aliphatic rings. The molecule has 0 fully saturated rings. The predicted octanol–water partition coefficient (Wildman–Crippen LogP) is 8.36. The Kier molecular flexibility index (Phi) is 9.24. The third kappa shape index (κ3) is 6.41. The van der Waals surface area contributed by atoms with E-state index in [4.69, 9.17) is 0 Å². The molecule has 0 atom stereocenters. The van der Waals surface area contributed by atoms with Crippen molar-refractivity contribution in [2.24, 2.45) is 0 Å². The Bertz CT molecular complexity index is 2140. The van der Waals surface area contributed by atoms with Crippen LogP contribution in [0.5, 0.6) is 0 Å². The monoisotopic (exact) mass is 701 g/mol. The van der Waals surface area contributed by atoms with Crippen molar-refractivity contribution < 1.29 is 18.0 Å². The summed E-state index contributed by atoms with van der Waals surface area (Å²) in [7, 11) is 0. The molecule has 7 rings (SSSR count). The first kappa shape index (κ1) is 33.5. The van der Waals surface area contributed by atoms with E-state index in [0.29, 0.717) is 27.7 Å². The number of hydrogen-bond acceptors (Lipinski definition) is 7. The summed E-state index contributed by atoms with van der Waals surface area (Å²) in [4.78, 5) is 13.1. The first-order valence-corrected chi connectivity index (χ1v) is 17.0. The van der Waals surface area contributed by atoms with Crippen molar-refractivity contribution in [1.82, 2.24) is 30.4 Å². The highest BCUT2D eigenvalue weighted by Gasteiger charge is 2.44. The number of benzene rings is 5. The number of carbonyl (C=O) groups excluding carboxylic acids is 1. The van der Waals surface area contributed by atoms with Gasteiger partial charge in [0, 0.05) is 5.56 Å². The number of aromatic nitrogens is 6. The second-order valence-corrected chi connectivity index (χ2v) is 12.7. The fraction of sp³-hybridized carbons (Fsp3) is 0.128. The maximum Gasteiger partial charge on any atom is 0.471 e. The number of amides is 1. The number of alkyl halides is 3. The Morgan fingerprint density at radius 2 is 1.22 bits per heavy atom. The van der Waals surface area contributed by atoms with Crippen molar-refractivity contribution in [3.8, 4) is 22.5 Å². The Morgan fingerprint density at radius 1 is 0.686 bits per heavy atom. The molecule has 0 saturated carbocycles. The van der Waals surface area contributed by atoms with Crippen LogP contribution in [0.3, 0.4) is 0 Å². The van der Waals surface area contributed by atoms with E-state index in [0.717, 1.165) is 44.7 Å². The first-order valence-electron chi connectivity index (χ1n) is 16.2. The van der Waals surface area contributed by atoms with Gasteiger partial charge >= 0.3 is 12.1 Å². The molecular formula is C39H30F3N7OS. The standard InChI is InChI=1S/C39H30F3N7OS/c1-2-34-43-45-37(51-34)48(36(50)39(40,41)42)26-27-22-24-28(25-23-27)32-20-12-13-21-33(32)35-44-46-47-49(35)38(29-14-6-3-7-15-29,30-16-8-4-9-17-30)31-18-10-5-11-19-31/h3-25H,2,26H2,1H3. The first-order chi connectivity index (χ1) is 24.8. The molecular weight excluding hydrogens is 672 g/mol. The summed E-state index contributed by atoms with van der Waals surface area (Å²) >= 11 is 0.965. The number of aryl methyl sites for hydroxylation is 1. The Hall–Kier alpha value is -6.01. The average molecular weight is 702 g/mol. The summed E-state index contributed by atoms with van der Waals surface area (Å²) in [5.74, 6) is -1.49. The van der Waals surface area contributed by atoms with Crippen molar-refractivity contribution in [2.45, 2.75) is 31.6 Å². The molecule has 8 nitrogen and oxygen atoms in total. The van der Waals surface area contributed by atoms with Gasteiger partial charge in [-0.25, -0.2) is 4.68 Å². The second-order valence-electron chi connectivity index (χ2n) is 11.7. The molecule has 0 aliphatic heterocycles. The highest BCUT2D eigenvalue weighted by molar-refractivity contribution is 7.15. The van der Waals surface area contributed by atoms with Crippen LogP contribution in [0.1, 0.15) is 34.2 Å². The van der Waals surface area contributed by atoms with E-state index >= 15 is 0 Å². The molecule has 0 spiro atoms. The van der Waals surface area contributed by atoms with Gasteiger partial charge in [0.2, 0.25) is 5.13 Å². The molecule has 51 heavy (non-hydrogen) atoms. The second kappa shape index (κ2) is 14.1. The molecule has 2 heterocycles. The third-order valence-corrected chi connectivity index (χ3v) is 9.70. The Balaban J connectivity index is 1.32. The minimum Gasteiger partial charge on any atom is -0.274 e. The van der Waals surface area contributed by atoms with E-state index < -0.39 is 17.6 Å². The lowest BCUT2D eigenvalue weighted by atomic mass is 9.77. The zero-order valence-electron chi connectivity index (χ0n) is 27.3. The molecule has 12 heteroatoms. The zero-order chi connectivity index (χ0) is 35.4. The Labute approximate surface area is 295 Å². The van der Waals surface area contributed by atoms with Crippen LogP contribution in [-0.2, 0) is 23.3 Å². The normalized spacial score (nSPS) is 11.8. The maximum absolute atomic E-state index is 13.6. The maximum atomic E-state index is 13.6. The van der Waals surface area contributed by atoms with Gasteiger partial charge in [0.1, 0.15) is 10.5 Å². The highest BCUT2D eigenvalue weighted by Crippen LogP contribution is 2.43. The highest BCUT2D eigenvalue weighted by atomic mass is 32.1. The molecule has 254 valence electrons. The fourth-order valence-corrected chi connectivity index (χ4v) is 7.04. The van der Waals surface area contributed by atoms with E-state index in [2.05, 4.69) is 62.1 Å². The van der Waals surface area contributed by atoms with E-state index in [9.17, 15) is 18.0 Å². The van der Waals surface area contributed by atoms with Crippen LogP contribution in [0.25, 0.3) is 22.5 Å². The summed E-state index contributed by atoms with van der Waals surface area (Å²) in [6.45, 7) is 1.49. The fourth-order valence-electron chi connectivity index (χ4n) is 6.26. The van der Waals surface area contributed by atoms with Crippen molar-refractivity contribution >= 4 is 22.4 Å². The minimum atomic E-state index is -5.07. The van der Waals surface area contributed by atoms with Crippen molar-refractivity contribution in [3.05, 3.63) is 167 Å². The molecule has 5 aromatic carbocycles. The van der Waals surface area contributed by atoms with Crippen LogP contribution >= 0.6 is 11.3 Å². The predicted molar refractivity (Wildman–Crippen MR) is 190 cm³/mol. The summed E-state index contributed by atoms with van der Waals surface area (Å²) in [5, 5.41) is 21.7. The van der Waals surface area contributed by atoms with E-state index in [-0.39, 0.29) is 11.7 Å². The molecule has 0 bridgehead atoms. The average Bonchev–Trinajstić information content (AvgIpc) is 3.86. The lowest BCUT2D eigenvalue weighted by molar-refractivity contribution is -0.170. The molecule has 0 aliphatic carbocycles. The van der Waals surface area contributed by atoms with Gasteiger partial charge < -0.3 is 0 Å². The van der Waals surface area contributed by atoms with Crippen molar-refractivity contribution in [3.63, 3.8) is 0 Å². The van der Waals surface area contributed by atoms with Gasteiger partial charge in [-0.2, -0.15) is 13.2 Å². The van der Waals surface area contributed by atoms with Crippen molar-refractivity contribution in [1.29, 1.82) is 0 Å². The SMILES string of the molecule is CCc1nnc(N(Cc2ccc(-c3ccccc3-c3nnnn3C(c3ccccc3)(c3ccccc3)c3ccccc3)cc2)C(=O)C(F)(F)F)s1. The van der Waals surface area contributed by atoms with Crippen LogP contribution in [0.4, 0.5) is 18.3 Å². The smallest absolute Gasteiger partial charge is 0.274 e. The van der Waals surface area contributed by atoms with E-state index in [1.807, 2.05) is 103 Å². The molecule has 0 unspecified atom stereocenters. The molecule has 0 radical (unpaired) electrons. The topological polar surface area (TPSA) is 89.7 Å². The quantitative estimate of drug-likeness (QED) is 0.133. The number of carbonyl (C=O) groups is 1. The van der Waals surface area contributed by atoms with Gasteiger partial charge in [-0.15, -0.1) is 15.3 Å². The molecule has 0 saturated heterocycles. The van der Waals surface area contributed by atoms with Gasteiger partial charge in [-0.3, -0.25) is 9.69 Å². The Morgan fingerprint density at radius 3 is 1.73 bits per heavy atom. The number of tetrazole rings is 1. The van der Waals surface area contributed by atoms with Gasteiger partial charge in [-0.1, -0.05) is 158 Å². The van der Waals surface area contributed by atoms with Crippen LogP contribution in [-0.4, -0.2) is 42.5 Å². The van der Waals surface area contributed by atoms with Gasteiger partial charge in [0.05, 0.1) is 6.54 Å². The summed E-state index contributed by atoms with van der Waals surface area (Å²) < 4.78 is 42.7. The van der Waals surface area contributed by atoms with Crippen LogP contribution in [0.15, 0.2) is 140 Å². The van der Waals surface area contributed by atoms with Crippen LogP contribution in [0, 0.1) is 0 Å². The number of nitrogens with zero attached hydrogens (tertiary/aromatic N) is 7. The number of halogens is 3. The lowest BCUT2D eigenvalue weighted by Gasteiger charge is -2.36. The zero-order valence-corrected chi connectivity index (χ0v) is 28.1. The molecule has 1 amide bonds.